The van der Waals surface area contributed by atoms with Gasteiger partial charge in [0.2, 0.25) is 0 Å². The average Bonchev–Trinajstić information content (AvgIpc) is 2.50. The lowest BCUT2D eigenvalue weighted by Gasteiger charge is -2.31. The van der Waals surface area contributed by atoms with Crippen molar-refractivity contribution in [3.63, 3.8) is 0 Å². The van der Waals surface area contributed by atoms with Crippen molar-refractivity contribution >= 4 is 0 Å². The molecular weight excluding hydrogens is 256 g/mol. The molecule has 0 radical (unpaired) electrons. The molecule has 0 aliphatic carbocycles. The van der Waals surface area contributed by atoms with Crippen LogP contribution in [0.5, 0.6) is 0 Å². The molecular formula is C19H26N2. The van der Waals surface area contributed by atoms with Gasteiger partial charge in [-0.1, -0.05) is 55.5 Å². The molecule has 0 bridgehead atoms. The molecule has 112 valence electrons. The zero-order chi connectivity index (χ0) is 15.2. The van der Waals surface area contributed by atoms with E-state index in [4.69, 9.17) is 5.73 Å². The summed E-state index contributed by atoms with van der Waals surface area (Å²) >= 11 is 0. The van der Waals surface area contributed by atoms with E-state index < -0.39 is 0 Å². The summed E-state index contributed by atoms with van der Waals surface area (Å²) in [5.74, 6) is 0. The molecule has 0 heterocycles. The molecule has 0 aliphatic heterocycles. The molecule has 2 nitrogen and oxygen atoms in total. The third-order valence-electron chi connectivity index (χ3n) is 4.25. The third kappa shape index (κ3) is 3.72. The largest absolute Gasteiger partial charge is 0.329 e. The topological polar surface area (TPSA) is 29.3 Å². The third-order valence-corrected chi connectivity index (χ3v) is 4.25. The van der Waals surface area contributed by atoms with Gasteiger partial charge in [0.1, 0.15) is 0 Å². The Morgan fingerprint density at radius 3 is 2.14 bits per heavy atom. The number of nitrogens with two attached hydrogens (primary N) is 1. The lowest BCUT2D eigenvalue weighted by atomic mass is 9.99. The van der Waals surface area contributed by atoms with Crippen molar-refractivity contribution in [2.45, 2.75) is 33.4 Å². The maximum Gasteiger partial charge on any atom is 0.0476 e. The number of hydrogen-bond donors (Lipinski definition) is 1. The van der Waals surface area contributed by atoms with Gasteiger partial charge in [-0.05, 0) is 42.6 Å². The Morgan fingerprint density at radius 2 is 1.57 bits per heavy atom. The van der Waals surface area contributed by atoms with Gasteiger partial charge in [-0.3, -0.25) is 4.90 Å². The highest BCUT2D eigenvalue weighted by atomic mass is 15.2. The van der Waals surface area contributed by atoms with Crippen LogP contribution in [0.2, 0.25) is 0 Å². The highest BCUT2D eigenvalue weighted by molar-refractivity contribution is 5.30. The van der Waals surface area contributed by atoms with E-state index in [1.165, 1.54) is 22.3 Å². The summed E-state index contributed by atoms with van der Waals surface area (Å²) in [6.07, 6.45) is 0. The first-order valence-corrected chi connectivity index (χ1v) is 7.71. The van der Waals surface area contributed by atoms with Gasteiger partial charge in [-0.2, -0.15) is 0 Å². The molecule has 0 aliphatic rings. The summed E-state index contributed by atoms with van der Waals surface area (Å²) in [4.78, 5) is 2.46. The van der Waals surface area contributed by atoms with Crippen LogP contribution >= 0.6 is 0 Å². The smallest absolute Gasteiger partial charge is 0.0476 e. The second-order valence-electron chi connectivity index (χ2n) is 5.60. The van der Waals surface area contributed by atoms with E-state index in [0.29, 0.717) is 6.54 Å². The predicted octanol–water partition coefficient (Wildman–Crippen LogP) is 3.83. The molecule has 1 atom stereocenters. The number of benzene rings is 2. The maximum atomic E-state index is 6.10. The summed E-state index contributed by atoms with van der Waals surface area (Å²) < 4.78 is 0. The zero-order valence-corrected chi connectivity index (χ0v) is 13.3. The molecule has 21 heavy (non-hydrogen) atoms. The SMILES string of the molecule is CCN(Cc1ccccc1C)C(CN)c1ccccc1C. The average molecular weight is 282 g/mol. The monoisotopic (exact) mass is 282 g/mol. The van der Waals surface area contributed by atoms with Crippen LogP contribution in [0.15, 0.2) is 48.5 Å². The van der Waals surface area contributed by atoms with E-state index >= 15 is 0 Å². The molecule has 0 amide bonds. The predicted molar refractivity (Wildman–Crippen MR) is 90.2 cm³/mol. The first-order chi connectivity index (χ1) is 10.2. The quantitative estimate of drug-likeness (QED) is 0.872. The first-order valence-electron chi connectivity index (χ1n) is 7.71. The van der Waals surface area contributed by atoms with E-state index in [-0.39, 0.29) is 6.04 Å². The van der Waals surface area contributed by atoms with Gasteiger partial charge in [-0.15, -0.1) is 0 Å². The van der Waals surface area contributed by atoms with Crippen molar-refractivity contribution in [1.29, 1.82) is 0 Å². The normalized spacial score (nSPS) is 12.6. The summed E-state index contributed by atoms with van der Waals surface area (Å²) in [7, 11) is 0. The van der Waals surface area contributed by atoms with E-state index in [2.05, 4.69) is 74.2 Å². The van der Waals surface area contributed by atoms with Crippen LogP contribution < -0.4 is 5.73 Å². The Morgan fingerprint density at radius 1 is 0.952 bits per heavy atom. The van der Waals surface area contributed by atoms with E-state index in [9.17, 15) is 0 Å². The highest BCUT2D eigenvalue weighted by Crippen LogP contribution is 2.25. The van der Waals surface area contributed by atoms with Gasteiger partial charge in [0, 0.05) is 19.1 Å². The molecule has 0 saturated carbocycles. The Hall–Kier alpha value is -1.64. The fraction of sp³-hybridized carbons (Fsp3) is 0.368. The van der Waals surface area contributed by atoms with Crippen molar-refractivity contribution in [2.75, 3.05) is 13.1 Å². The molecule has 0 spiro atoms. The van der Waals surface area contributed by atoms with Crippen LogP contribution in [0.1, 0.15) is 35.2 Å². The fourth-order valence-corrected chi connectivity index (χ4v) is 2.88. The molecule has 0 saturated heterocycles. The minimum Gasteiger partial charge on any atom is -0.329 e. The molecule has 2 aromatic carbocycles. The van der Waals surface area contributed by atoms with Gasteiger partial charge < -0.3 is 5.73 Å². The number of nitrogens with zero attached hydrogens (tertiary/aromatic N) is 1. The first kappa shape index (κ1) is 15.7. The van der Waals surface area contributed by atoms with Crippen molar-refractivity contribution in [3.05, 3.63) is 70.8 Å². The summed E-state index contributed by atoms with van der Waals surface area (Å²) in [5, 5.41) is 0. The van der Waals surface area contributed by atoms with Gasteiger partial charge in [-0.25, -0.2) is 0 Å². The summed E-state index contributed by atoms with van der Waals surface area (Å²) in [5.41, 5.74) is 11.5. The van der Waals surface area contributed by atoms with Gasteiger partial charge >= 0.3 is 0 Å². The second-order valence-corrected chi connectivity index (χ2v) is 5.60. The molecule has 2 rings (SSSR count). The van der Waals surface area contributed by atoms with Gasteiger partial charge in [0.05, 0.1) is 0 Å². The summed E-state index contributed by atoms with van der Waals surface area (Å²) in [6, 6.07) is 17.4. The molecule has 0 aromatic heterocycles. The van der Waals surface area contributed by atoms with E-state index in [1.54, 1.807) is 0 Å². The molecule has 2 N–H and O–H groups in total. The lowest BCUT2D eigenvalue weighted by molar-refractivity contribution is 0.202. The molecule has 2 aromatic rings. The van der Waals surface area contributed by atoms with Crippen LogP contribution in [0.3, 0.4) is 0 Å². The maximum absolute atomic E-state index is 6.10. The van der Waals surface area contributed by atoms with E-state index in [0.717, 1.165) is 13.1 Å². The molecule has 2 heteroatoms. The van der Waals surface area contributed by atoms with Crippen LogP contribution in [0.4, 0.5) is 0 Å². The Labute approximate surface area is 128 Å². The van der Waals surface area contributed by atoms with Crippen LogP contribution in [0.25, 0.3) is 0 Å². The van der Waals surface area contributed by atoms with Gasteiger partial charge in [0.25, 0.3) is 0 Å². The fourth-order valence-electron chi connectivity index (χ4n) is 2.88. The Bertz CT molecular complexity index is 577. The Kier molecular flexibility index (Phi) is 5.54. The van der Waals surface area contributed by atoms with Crippen molar-refractivity contribution in [1.82, 2.24) is 4.90 Å². The van der Waals surface area contributed by atoms with E-state index in [1.807, 2.05) is 0 Å². The standard InChI is InChI=1S/C19H26N2/c1-4-21(14-17-11-7-5-9-15(17)2)19(13-20)18-12-8-6-10-16(18)3/h5-12,19H,4,13-14,20H2,1-3H3. The number of hydrogen-bond acceptors (Lipinski definition) is 2. The molecule has 0 fully saturated rings. The van der Waals surface area contributed by atoms with Crippen molar-refractivity contribution in [2.24, 2.45) is 5.73 Å². The minimum atomic E-state index is 0.274. The number of rotatable bonds is 6. The lowest BCUT2D eigenvalue weighted by Crippen LogP contribution is -2.34. The summed E-state index contributed by atoms with van der Waals surface area (Å²) in [6.45, 7) is 9.13. The highest BCUT2D eigenvalue weighted by Gasteiger charge is 2.19. The zero-order valence-electron chi connectivity index (χ0n) is 13.3. The number of likely N-dealkylation sites (N-methyl/N-ethyl adjacent to an activating group) is 1. The van der Waals surface area contributed by atoms with Gasteiger partial charge in [0.15, 0.2) is 0 Å². The molecule has 1 unspecified atom stereocenters. The van der Waals surface area contributed by atoms with Crippen molar-refractivity contribution < 1.29 is 0 Å². The van der Waals surface area contributed by atoms with Crippen molar-refractivity contribution in [3.8, 4) is 0 Å². The van der Waals surface area contributed by atoms with Crippen LogP contribution in [-0.4, -0.2) is 18.0 Å². The van der Waals surface area contributed by atoms with Crippen LogP contribution in [-0.2, 0) is 6.54 Å². The van der Waals surface area contributed by atoms with Crippen LogP contribution in [0, 0.1) is 13.8 Å². The Balaban J connectivity index is 2.26. The minimum absolute atomic E-state index is 0.274. The second kappa shape index (κ2) is 7.39. The number of aryl methyl sites for hydroxylation is 2.